The summed E-state index contributed by atoms with van der Waals surface area (Å²) in [7, 11) is 0. The Kier molecular flexibility index (Phi) is 5.37. The van der Waals surface area contributed by atoms with Crippen LogP contribution in [0.3, 0.4) is 0 Å². The number of hydrogen-bond acceptors (Lipinski definition) is 2. The summed E-state index contributed by atoms with van der Waals surface area (Å²) in [5.74, 6) is 0.650. The van der Waals surface area contributed by atoms with Crippen molar-refractivity contribution in [3.8, 4) is 5.75 Å². The summed E-state index contributed by atoms with van der Waals surface area (Å²) in [5.41, 5.74) is 2.84. The second-order valence-corrected chi connectivity index (χ2v) is 5.43. The number of benzene rings is 2. The minimum atomic E-state index is -0.152. The molecule has 1 amide bonds. The van der Waals surface area contributed by atoms with E-state index in [1.807, 2.05) is 69.3 Å². The maximum Gasteiger partial charge on any atom is 0.248 e. The first kappa shape index (κ1) is 15.8. The predicted octanol–water partition coefficient (Wildman–Crippen LogP) is 4.43. The van der Waals surface area contributed by atoms with Crippen molar-refractivity contribution in [1.82, 2.24) is 0 Å². The summed E-state index contributed by atoms with van der Waals surface area (Å²) in [6, 6.07) is 15.4. The lowest BCUT2D eigenvalue weighted by atomic mass is 10.2. The Morgan fingerprint density at radius 1 is 1.14 bits per heavy atom. The molecular weight excluding hydrogens is 274 g/mol. The van der Waals surface area contributed by atoms with E-state index in [9.17, 15) is 4.79 Å². The lowest BCUT2D eigenvalue weighted by Crippen LogP contribution is -2.07. The van der Waals surface area contributed by atoms with Gasteiger partial charge in [0.15, 0.2) is 0 Å². The van der Waals surface area contributed by atoms with Crippen LogP contribution in [-0.2, 0) is 4.79 Å². The number of aryl methyl sites for hydroxylation is 1. The van der Waals surface area contributed by atoms with Crippen LogP contribution in [0.1, 0.15) is 25.0 Å². The van der Waals surface area contributed by atoms with E-state index in [1.165, 1.54) is 6.08 Å². The molecule has 1 N–H and O–H groups in total. The quantitative estimate of drug-likeness (QED) is 0.828. The Hall–Kier alpha value is -2.55. The Morgan fingerprint density at radius 2 is 1.91 bits per heavy atom. The number of ether oxygens (including phenoxy) is 1. The molecule has 114 valence electrons. The van der Waals surface area contributed by atoms with Crippen LogP contribution in [0.5, 0.6) is 5.75 Å². The van der Waals surface area contributed by atoms with Crippen molar-refractivity contribution in [2.24, 2.45) is 0 Å². The lowest BCUT2D eigenvalue weighted by molar-refractivity contribution is -0.111. The first-order chi connectivity index (χ1) is 10.5. The van der Waals surface area contributed by atoms with E-state index in [4.69, 9.17) is 4.74 Å². The molecule has 2 aromatic carbocycles. The molecule has 0 bridgehead atoms. The monoisotopic (exact) mass is 295 g/mol. The van der Waals surface area contributed by atoms with Crippen molar-refractivity contribution < 1.29 is 9.53 Å². The molecule has 3 heteroatoms. The molecule has 0 unspecified atom stereocenters. The molecule has 0 fully saturated rings. The number of amides is 1. The molecule has 0 saturated heterocycles. The van der Waals surface area contributed by atoms with Gasteiger partial charge < -0.3 is 10.1 Å². The minimum Gasteiger partial charge on any atom is -0.491 e. The molecule has 0 radical (unpaired) electrons. The van der Waals surface area contributed by atoms with Gasteiger partial charge in [-0.15, -0.1) is 0 Å². The van der Waals surface area contributed by atoms with Crippen molar-refractivity contribution in [2.45, 2.75) is 26.9 Å². The van der Waals surface area contributed by atoms with Gasteiger partial charge in [-0.3, -0.25) is 4.79 Å². The zero-order valence-corrected chi connectivity index (χ0v) is 13.2. The van der Waals surface area contributed by atoms with Crippen molar-refractivity contribution in [2.75, 3.05) is 5.32 Å². The van der Waals surface area contributed by atoms with Gasteiger partial charge >= 0.3 is 0 Å². The molecule has 0 spiro atoms. The standard InChI is InChI=1S/C19H21NO2/c1-14(2)22-18-9-5-7-16(13-18)10-11-19(21)20-17-8-4-6-15(3)12-17/h4-14H,1-3H3,(H,20,21)/b11-10+. The van der Waals surface area contributed by atoms with Gasteiger partial charge in [-0.1, -0.05) is 24.3 Å². The third-order valence-electron chi connectivity index (χ3n) is 2.94. The van der Waals surface area contributed by atoms with Crippen molar-refractivity contribution in [3.63, 3.8) is 0 Å². The van der Waals surface area contributed by atoms with Crippen molar-refractivity contribution >= 4 is 17.7 Å². The maximum absolute atomic E-state index is 11.9. The highest BCUT2D eigenvalue weighted by atomic mass is 16.5. The summed E-state index contributed by atoms with van der Waals surface area (Å²) < 4.78 is 5.64. The fourth-order valence-electron chi connectivity index (χ4n) is 2.04. The van der Waals surface area contributed by atoms with E-state index in [0.717, 1.165) is 22.6 Å². The molecular formula is C19H21NO2. The van der Waals surface area contributed by atoms with Crippen LogP contribution in [0, 0.1) is 6.92 Å². The summed E-state index contributed by atoms with van der Waals surface area (Å²) in [6.07, 6.45) is 3.43. The zero-order valence-electron chi connectivity index (χ0n) is 13.2. The van der Waals surface area contributed by atoms with E-state index < -0.39 is 0 Å². The van der Waals surface area contributed by atoms with Gasteiger partial charge in [-0.05, 0) is 62.2 Å². The van der Waals surface area contributed by atoms with E-state index in [0.29, 0.717) is 0 Å². The third kappa shape index (κ3) is 5.09. The highest BCUT2D eigenvalue weighted by Gasteiger charge is 2.00. The van der Waals surface area contributed by atoms with E-state index in [1.54, 1.807) is 6.08 Å². The third-order valence-corrected chi connectivity index (χ3v) is 2.94. The Balaban J connectivity index is 2.00. The van der Waals surface area contributed by atoms with Crippen LogP contribution in [0.2, 0.25) is 0 Å². The second-order valence-electron chi connectivity index (χ2n) is 5.43. The number of carbonyl (C=O) groups excluding carboxylic acids is 1. The molecule has 0 aromatic heterocycles. The van der Waals surface area contributed by atoms with E-state index in [2.05, 4.69) is 5.32 Å². The Labute approximate surface area is 131 Å². The molecule has 0 aliphatic carbocycles. The highest BCUT2D eigenvalue weighted by Crippen LogP contribution is 2.16. The summed E-state index contributed by atoms with van der Waals surface area (Å²) in [4.78, 5) is 11.9. The molecule has 0 atom stereocenters. The van der Waals surface area contributed by atoms with Gasteiger partial charge in [0.25, 0.3) is 0 Å². The van der Waals surface area contributed by atoms with Crippen LogP contribution < -0.4 is 10.1 Å². The summed E-state index contributed by atoms with van der Waals surface area (Å²) in [6.45, 7) is 5.96. The predicted molar refractivity (Wildman–Crippen MR) is 91.0 cm³/mol. The van der Waals surface area contributed by atoms with Crippen LogP contribution in [0.25, 0.3) is 6.08 Å². The van der Waals surface area contributed by atoms with Crippen LogP contribution >= 0.6 is 0 Å². The largest absolute Gasteiger partial charge is 0.491 e. The number of carbonyl (C=O) groups is 1. The van der Waals surface area contributed by atoms with Crippen molar-refractivity contribution in [3.05, 3.63) is 65.7 Å². The van der Waals surface area contributed by atoms with Crippen molar-refractivity contribution in [1.29, 1.82) is 0 Å². The topological polar surface area (TPSA) is 38.3 Å². The minimum absolute atomic E-state index is 0.129. The first-order valence-corrected chi connectivity index (χ1v) is 7.35. The van der Waals surface area contributed by atoms with Gasteiger partial charge in [-0.2, -0.15) is 0 Å². The number of nitrogens with one attached hydrogen (secondary N) is 1. The number of hydrogen-bond donors (Lipinski definition) is 1. The average molecular weight is 295 g/mol. The fraction of sp³-hybridized carbons (Fsp3) is 0.211. The molecule has 0 aliphatic rings. The van der Waals surface area contributed by atoms with Crippen LogP contribution in [0.15, 0.2) is 54.6 Å². The molecule has 2 aromatic rings. The summed E-state index contributed by atoms with van der Waals surface area (Å²) in [5, 5.41) is 2.84. The molecule has 0 aliphatic heterocycles. The maximum atomic E-state index is 11.9. The normalized spacial score (nSPS) is 10.9. The summed E-state index contributed by atoms with van der Waals surface area (Å²) >= 11 is 0. The first-order valence-electron chi connectivity index (χ1n) is 7.35. The van der Waals surface area contributed by atoms with Gasteiger partial charge in [0, 0.05) is 11.8 Å². The Morgan fingerprint density at radius 3 is 2.64 bits per heavy atom. The van der Waals surface area contributed by atoms with E-state index >= 15 is 0 Å². The Bertz CT molecular complexity index is 675. The number of anilines is 1. The van der Waals surface area contributed by atoms with E-state index in [-0.39, 0.29) is 12.0 Å². The highest BCUT2D eigenvalue weighted by molar-refractivity contribution is 6.01. The molecule has 0 saturated carbocycles. The fourth-order valence-corrected chi connectivity index (χ4v) is 2.04. The zero-order chi connectivity index (χ0) is 15.9. The van der Waals surface area contributed by atoms with Gasteiger partial charge in [0.2, 0.25) is 5.91 Å². The second kappa shape index (κ2) is 7.46. The molecule has 22 heavy (non-hydrogen) atoms. The number of rotatable bonds is 5. The van der Waals surface area contributed by atoms with Crippen LogP contribution in [0.4, 0.5) is 5.69 Å². The average Bonchev–Trinajstić information content (AvgIpc) is 2.45. The van der Waals surface area contributed by atoms with Gasteiger partial charge in [0.05, 0.1) is 6.10 Å². The molecule has 2 rings (SSSR count). The lowest BCUT2D eigenvalue weighted by Gasteiger charge is -2.09. The van der Waals surface area contributed by atoms with Gasteiger partial charge in [0.1, 0.15) is 5.75 Å². The van der Waals surface area contributed by atoms with Crippen LogP contribution in [-0.4, -0.2) is 12.0 Å². The van der Waals surface area contributed by atoms with Gasteiger partial charge in [-0.25, -0.2) is 0 Å². The smallest absolute Gasteiger partial charge is 0.248 e. The molecule has 3 nitrogen and oxygen atoms in total. The molecule has 0 heterocycles. The SMILES string of the molecule is Cc1cccc(NC(=O)/C=C/c2cccc(OC(C)C)c2)c1.